The third kappa shape index (κ3) is 2.22. The molecule has 0 spiro atoms. The van der Waals surface area contributed by atoms with E-state index in [1.165, 1.54) is 44.6 Å². The van der Waals surface area contributed by atoms with Crippen LogP contribution < -0.4 is 16.0 Å². The minimum Gasteiger partial charge on any atom is -0.364 e. The zero-order chi connectivity index (χ0) is 12.7. The van der Waals surface area contributed by atoms with Gasteiger partial charge in [-0.15, -0.1) is 0 Å². The van der Waals surface area contributed by atoms with Crippen LogP contribution in [0.2, 0.25) is 0 Å². The molecule has 0 radical (unpaired) electrons. The van der Waals surface area contributed by atoms with Crippen molar-refractivity contribution >= 4 is 0 Å². The number of H-pyrrole nitrogens is 1. The van der Waals surface area contributed by atoms with Gasteiger partial charge in [-0.3, -0.25) is 0 Å². The van der Waals surface area contributed by atoms with Crippen molar-refractivity contribution < 1.29 is 0 Å². The predicted octanol–water partition coefficient (Wildman–Crippen LogP) is 0.368. The van der Waals surface area contributed by atoms with E-state index in [0.717, 1.165) is 31.0 Å². The standard InChI is InChI=1S/C15H24N4/c1-2-18-12(1)4-13-14(11-7-17-8-11)9-19-15(13)3-10-5-16-6-10/h9-12,16-19H,1-8H2. The first-order valence-electron chi connectivity index (χ1n) is 7.74. The summed E-state index contributed by atoms with van der Waals surface area (Å²) in [5.74, 6) is 1.60. The average Bonchev–Trinajstić information content (AvgIpc) is 2.59. The van der Waals surface area contributed by atoms with Crippen LogP contribution in [-0.2, 0) is 12.8 Å². The summed E-state index contributed by atoms with van der Waals surface area (Å²) in [5, 5.41) is 10.3. The Kier molecular flexibility index (Phi) is 3.10. The lowest BCUT2D eigenvalue weighted by Crippen LogP contribution is -2.45. The molecular weight excluding hydrogens is 236 g/mol. The maximum atomic E-state index is 3.59. The fraction of sp³-hybridized carbons (Fsp3) is 0.733. The van der Waals surface area contributed by atoms with Gasteiger partial charge in [0.1, 0.15) is 0 Å². The Balaban J connectivity index is 1.54. The Labute approximate surface area is 114 Å². The highest BCUT2D eigenvalue weighted by Gasteiger charge is 2.28. The van der Waals surface area contributed by atoms with Crippen molar-refractivity contribution in [3.8, 4) is 0 Å². The van der Waals surface area contributed by atoms with E-state index in [4.69, 9.17) is 0 Å². The van der Waals surface area contributed by atoms with Crippen LogP contribution in [0.4, 0.5) is 0 Å². The summed E-state index contributed by atoms with van der Waals surface area (Å²) in [5.41, 5.74) is 4.74. The second-order valence-electron chi connectivity index (χ2n) is 6.43. The lowest BCUT2D eigenvalue weighted by molar-refractivity contribution is 0.340. The first-order chi connectivity index (χ1) is 9.40. The number of aromatic amines is 1. The molecule has 3 aliphatic heterocycles. The van der Waals surface area contributed by atoms with E-state index in [-0.39, 0.29) is 0 Å². The zero-order valence-electron chi connectivity index (χ0n) is 11.5. The number of nitrogens with one attached hydrogen (secondary N) is 4. The fourth-order valence-corrected chi connectivity index (χ4v) is 3.36. The molecule has 3 aliphatic rings. The van der Waals surface area contributed by atoms with Gasteiger partial charge in [-0.2, -0.15) is 0 Å². The van der Waals surface area contributed by atoms with Crippen molar-refractivity contribution in [1.82, 2.24) is 20.9 Å². The van der Waals surface area contributed by atoms with Gasteiger partial charge in [0.05, 0.1) is 0 Å². The van der Waals surface area contributed by atoms with Crippen LogP contribution in [0.3, 0.4) is 0 Å². The monoisotopic (exact) mass is 260 g/mol. The molecule has 0 aromatic carbocycles. The molecule has 1 unspecified atom stereocenters. The minimum atomic E-state index is 0.723. The molecule has 1 aromatic heterocycles. The van der Waals surface area contributed by atoms with Crippen LogP contribution in [0.25, 0.3) is 0 Å². The quantitative estimate of drug-likeness (QED) is 0.619. The maximum absolute atomic E-state index is 3.59. The molecule has 4 nitrogen and oxygen atoms in total. The van der Waals surface area contributed by atoms with Gasteiger partial charge >= 0.3 is 0 Å². The Bertz CT molecular complexity index is 441. The molecule has 0 bridgehead atoms. The summed E-state index contributed by atoms with van der Waals surface area (Å²) in [6.07, 6.45) is 6.10. The van der Waals surface area contributed by atoms with Gasteiger partial charge in [0.2, 0.25) is 0 Å². The molecule has 0 amide bonds. The molecule has 4 N–H and O–H groups in total. The molecule has 1 aromatic rings. The summed E-state index contributed by atoms with van der Waals surface area (Å²) >= 11 is 0. The molecule has 3 fully saturated rings. The summed E-state index contributed by atoms with van der Waals surface area (Å²) in [6, 6.07) is 0.723. The summed E-state index contributed by atoms with van der Waals surface area (Å²) in [7, 11) is 0. The Morgan fingerprint density at radius 3 is 2.37 bits per heavy atom. The van der Waals surface area contributed by atoms with Crippen molar-refractivity contribution in [2.45, 2.75) is 31.2 Å². The van der Waals surface area contributed by atoms with Gasteiger partial charge in [-0.1, -0.05) is 0 Å². The summed E-state index contributed by atoms with van der Waals surface area (Å²) in [6.45, 7) is 5.92. The van der Waals surface area contributed by atoms with E-state index >= 15 is 0 Å². The highest BCUT2D eigenvalue weighted by Crippen LogP contribution is 2.30. The normalized spacial score (nSPS) is 27.7. The fourth-order valence-electron chi connectivity index (χ4n) is 3.36. The van der Waals surface area contributed by atoms with Gasteiger partial charge < -0.3 is 20.9 Å². The zero-order valence-corrected chi connectivity index (χ0v) is 11.5. The average molecular weight is 260 g/mol. The van der Waals surface area contributed by atoms with Crippen LogP contribution in [0.1, 0.15) is 29.2 Å². The van der Waals surface area contributed by atoms with Gasteiger partial charge in [-0.25, -0.2) is 0 Å². The van der Waals surface area contributed by atoms with Gasteiger partial charge in [0.25, 0.3) is 0 Å². The Morgan fingerprint density at radius 2 is 1.84 bits per heavy atom. The molecule has 19 heavy (non-hydrogen) atoms. The maximum Gasteiger partial charge on any atom is 0.0187 e. The number of rotatable bonds is 5. The second-order valence-corrected chi connectivity index (χ2v) is 6.43. The predicted molar refractivity (Wildman–Crippen MR) is 76.6 cm³/mol. The van der Waals surface area contributed by atoms with Crippen molar-refractivity contribution in [3.05, 3.63) is 23.0 Å². The molecule has 1 atom stereocenters. The van der Waals surface area contributed by atoms with Crippen molar-refractivity contribution in [3.63, 3.8) is 0 Å². The molecule has 0 aliphatic carbocycles. The molecular formula is C15H24N4. The van der Waals surface area contributed by atoms with Crippen molar-refractivity contribution in [2.24, 2.45) is 5.92 Å². The molecule has 4 rings (SSSR count). The molecule has 4 heteroatoms. The van der Waals surface area contributed by atoms with Crippen molar-refractivity contribution in [1.29, 1.82) is 0 Å². The smallest absolute Gasteiger partial charge is 0.0187 e. The topological polar surface area (TPSA) is 51.9 Å². The number of aromatic nitrogens is 1. The summed E-state index contributed by atoms with van der Waals surface area (Å²) in [4.78, 5) is 3.59. The van der Waals surface area contributed by atoms with Crippen LogP contribution >= 0.6 is 0 Å². The lowest BCUT2D eigenvalue weighted by atomic mass is 9.85. The minimum absolute atomic E-state index is 0.723. The number of hydrogen-bond donors (Lipinski definition) is 4. The molecule has 104 valence electrons. The summed E-state index contributed by atoms with van der Waals surface area (Å²) < 4.78 is 0. The molecule has 3 saturated heterocycles. The Morgan fingerprint density at radius 1 is 1.05 bits per heavy atom. The van der Waals surface area contributed by atoms with Gasteiger partial charge in [-0.05, 0) is 55.9 Å². The van der Waals surface area contributed by atoms with E-state index in [1.807, 2.05) is 0 Å². The van der Waals surface area contributed by atoms with Crippen LogP contribution in [0.15, 0.2) is 6.20 Å². The molecule has 0 saturated carbocycles. The van der Waals surface area contributed by atoms with Crippen LogP contribution in [-0.4, -0.2) is 43.7 Å². The first kappa shape index (κ1) is 11.9. The largest absolute Gasteiger partial charge is 0.364 e. The lowest BCUT2D eigenvalue weighted by Gasteiger charge is -2.32. The van der Waals surface area contributed by atoms with E-state index in [2.05, 4.69) is 27.1 Å². The Hall–Kier alpha value is -0.840. The van der Waals surface area contributed by atoms with Crippen LogP contribution in [0, 0.1) is 5.92 Å². The molecule has 4 heterocycles. The van der Waals surface area contributed by atoms with Gasteiger partial charge in [0, 0.05) is 36.9 Å². The SMILES string of the molecule is c1[nH]c(CC2CNC2)c(CC2CCN2)c1C1CNC1. The van der Waals surface area contributed by atoms with E-state index in [9.17, 15) is 0 Å². The second kappa shape index (κ2) is 4.93. The highest BCUT2D eigenvalue weighted by atomic mass is 15.0. The van der Waals surface area contributed by atoms with E-state index in [1.54, 1.807) is 11.1 Å². The third-order valence-electron chi connectivity index (χ3n) is 5.07. The van der Waals surface area contributed by atoms with E-state index < -0.39 is 0 Å². The van der Waals surface area contributed by atoms with Crippen LogP contribution in [0.5, 0.6) is 0 Å². The first-order valence-corrected chi connectivity index (χ1v) is 7.74. The third-order valence-corrected chi connectivity index (χ3v) is 5.07. The van der Waals surface area contributed by atoms with E-state index in [0.29, 0.717) is 0 Å². The van der Waals surface area contributed by atoms with Crippen molar-refractivity contribution in [2.75, 3.05) is 32.7 Å². The highest BCUT2D eigenvalue weighted by molar-refractivity contribution is 5.37. The number of hydrogen-bond acceptors (Lipinski definition) is 3. The van der Waals surface area contributed by atoms with Gasteiger partial charge in [0.15, 0.2) is 0 Å².